The Hall–Kier alpha value is -4.40. The summed E-state index contributed by atoms with van der Waals surface area (Å²) in [7, 11) is 0. The number of fused-ring (bicyclic) bond motifs is 1. The molecule has 4 rings (SSSR count). The third-order valence-electron chi connectivity index (χ3n) is 4.76. The van der Waals surface area contributed by atoms with E-state index in [1.54, 1.807) is 24.3 Å². The number of anilines is 2. The van der Waals surface area contributed by atoms with Crippen molar-refractivity contribution in [1.29, 1.82) is 0 Å². The van der Waals surface area contributed by atoms with Gasteiger partial charge in [0.15, 0.2) is 5.75 Å². The van der Waals surface area contributed by atoms with Gasteiger partial charge in [0.1, 0.15) is 18.9 Å². The molecule has 0 aromatic heterocycles. The summed E-state index contributed by atoms with van der Waals surface area (Å²) in [5.41, 5.74) is 1.87. The molecule has 9 nitrogen and oxygen atoms in total. The average Bonchev–Trinajstić information content (AvgIpc) is 2.78. The van der Waals surface area contributed by atoms with Crippen LogP contribution in [0.15, 0.2) is 72.8 Å². The smallest absolute Gasteiger partial charge is 0.331 e. The molecular formula is C23H19N3O6. The van der Waals surface area contributed by atoms with Gasteiger partial charge in [0.05, 0.1) is 23.2 Å². The fraction of sp³-hybridized carbons (Fsp3) is 0.130. The van der Waals surface area contributed by atoms with Crippen LogP contribution in [-0.2, 0) is 16.2 Å². The quantitative estimate of drug-likeness (QED) is 0.263. The van der Waals surface area contributed by atoms with Gasteiger partial charge in [0.2, 0.25) is 5.91 Å². The molecule has 1 amide bonds. The predicted molar refractivity (Wildman–Crippen MR) is 117 cm³/mol. The van der Waals surface area contributed by atoms with Crippen molar-refractivity contribution in [2.75, 3.05) is 23.3 Å². The Morgan fingerprint density at radius 3 is 2.56 bits per heavy atom. The van der Waals surface area contributed by atoms with Crippen LogP contribution in [0.1, 0.15) is 5.56 Å². The minimum Gasteiger partial charge on any atom is -0.489 e. The van der Waals surface area contributed by atoms with Crippen molar-refractivity contribution in [3.8, 4) is 11.5 Å². The second-order valence-electron chi connectivity index (χ2n) is 7.09. The topological polar surface area (TPSA) is 111 Å². The molecule has 0 bridgehead atoms. The SMILES string of the molecule is O=C(CN1CC(=O)Oc2cc([N+](=O)[O-])ccc21)Nc1ccc(OCc2ccccc2)cc1. The maximum Gasteiger partial charge on any atom is 0.331 e. The summed E-state index contributed by atoms with van der Waals surface area (Å²) in [6, 6.07) is 20.7. The number of nitro benzene ring substituents is 1. The van der Waals surface area contributed by atoms with E-state index < -0.39 is 10.9 Å². The van der Waals surface area contributed by atoms with Gasteiger partial charge >= 0.3 is 5.97 Å². The number of nitrogens with one attached hydrogen (secondary N) is 1. The largest absolute Gasteiger partial charge is 0.489 e. The fourth-order valence-electron chi connectivity index (χ4n) is 3.25. The molecule has 0 saturated heterocycles. The van der Waals surface area contributed by atoms with Gasteiger partial charge in [-0.05, 0) is 35.9 Å². The summed E-state index contributed by atoms with van der Waals surface area (Å²) in [5, 5.41) is 13.7. The van der Waals surface area contributed by atoms with E-state index in [1.807, 2.05) is 30.3 Å². The second kappa shape index (κ2) is 9.17. The van der Waals surface area contributed by atoms with E-state index in [-0.39, 0.29) is 30.4 Å². The van der Waals surface area contributed by atoms with Crippen LogP contribution < -0.4 is 19.7 Å². The molecule has 32 heavy (non-hydrogen) atoms. The lowest BCUT2D eigenvalue weighted by molar-refractivity contribution is -0.384. The molecule has 1 aliphatic rings. The van der Waals surface area contributed by atoms with E-state index in [4.69, 9.17) is 9.47 Å². The molecule has 162 valence electrons. The lowest BCUT2D eigenvalue weighted by atomic mass is 10.2. The first kappa shape index (κ1) is 20.9. The Kier molecular flexibility index (Phi) is 5.98. The maximum atomic E-state index is 12.5. The van der Waals surface area contributed by atoms with E-state index in [2.05, 4.69) is 5.32 Å². The highest BCUT2D eigenvalue weighted by molar-refractivity contribution is 5.96. The van der Waals surface area contributed by atoms with Crippen molar-refractivity contribution in [3.05, 3.63) is 88.5 Å². The highest BCUT2D eigenvalue weighted by atomic mass is 16.6. The number of ether oxygens (including phenoxy) is 2. The molecule has 0 spiro atoms. The fourth-order valence-corrected chi connectivity index (χ4v) is 3.25. The van der Waals surface area contributed by atoms with E-state index in [0.717, 1.165) is 5.56 Å². The molecular weight excluding hydrogens is 414 g/mol. The maximum absolute atomic E-state index is 12.5. The molecule has 0 radical (unpaired) electrons. The molecule has 0 saturated carbocycles. The third kappa shape index (κ3) is 5.01. The monoisotopic (exact) mass is 433 g/mol. The number of nitro groups is 1. The number of carbonyl (C=O) groups excluding carboxylic acids is 2. The van der Waals surface area contributed by atoms with Crippen molar-refractivity contribution in [3.63, 3.8) is 0 Å². The van der Waals surface area contributed by atoms with Crippen molar-refractivity contribution in [1.82, 2.24) is 0 Å². The standard InChI is InChI=1S/C23H19N3O6/c27-22(13-25-14-23(28)32-21-12-18(26(29)30)8-11-20(21)25)24-17-6-9-19(10-7-17)31-15-16-4-2-1-3-5-16/h1-12H,13-15H2,(H,24,27). The van der Waals surface area contributed by atoms with Crippen molar-refractivity contribution < 1.29 is 24.0 Å². The number of hydrogen-bond donors (Lipinski definition) is 1. The van der Waals surface area contributed by atoms with Crippen LogP contribution >= 0.6 is 0 Å². The second-order valence-corrected chi connectivity index (χ2v) is 7.09. The predicted octanol–water partition coefficient (Wildman–Crippen LogP) is 3.54. The molecule has 0 fully saturated rings. The summed E-state index contributed by atoms with van der Waals surface area (Å²) in [5.74, 6) is -0.211. The molecule has 0 aliphatic carbocycles. The minimum absolute atomic E-state index is 0.0585. The highest BCUT2D eigenvalue weighted by Gasteiger charge is 2.27. The number of non-ortho nitro benzene ring substituents is 1. The molecule has 1 N–H and O–H groups in total. The van der Waals surface area contributed by atoms with E-state index in [1.165, 1.54) is 23.1 Å². The Balaban J connectivity index is 1.36. The number of benzene rings is 3. The summed E-state index contributed by atoms with van der Waals surface area (Å²) >= 11 is 0. The van der Waals surface area contributed by atoms with Crippen LogP contribution in [0.3, 0.4) is 0 Å². The molecule has 1 heterocycles. The Morgan fingerprint density at radius 2 is 1.84 bits per heavy atom. The van der Waals surface area contributed by atoms with Gasteiger partial charge < -0.3 is 19.7 Å². The number of hydrogen-bond acceptors (Lipinski definition) is 7. The van der Waals surface area contributed by atoms with Crippen LogP contribution in [-0.4, -0.2) is 29.9 Å². The van der Waals surface area contributed by atoms with Crippen LogP contribution in [0.25, 0.3) is 0 Å². The van der Waals surface area contributed by atoms with Crippen molar-refractivity contribution in [2.45, 2.75) is 6.61 Å². The molecule has 1 aliphatic heterocycles. The van der Waals surface area contributed by atoms with Gasteiger partial charge in [-0.1, -0.05) is 30.3 Å². The number of carbonyl (C=O) groups is 2. The molecule has 0 unspecified atom stereocenters. The van der Waals surface area contributed by atoms with Crippen LogP contribution in [0.4, 0.5) is 17.1 Å². The van der Waals surface area contributed by atoms with Gasteiger partial charge in [-0.3, -0.25) is 14.9 Å². The van der Waals surface area contributed by atoms with E-state index in [9.17, 15) is 19.7 Å². The Bertz CT molecular complexity index is 1150. The third-order valence-corrected chi connectivity index (χ3v) is 4.76. The van der Waals surface area contributed by atoms with Gasteiger partial charge in [0.25, 0.3) is 5.69 Å². The average molecular weight is 433 g/mol. The molecule has 3 aromatic rings. The normalized spacial score (nSPS) is 12.5. The molecule has 0 atom stereocenters. The van der Waals surface area contributed by atoms with E-state index in [0.29, 0.717) is 23.7 Å². The molecule has 9 heteroatoms. The number of esters is 1. The zero-order valence-electron chi connectivity index (χ0n) is 16.9. The first-order valence-electron chi connectivity index (χ1n) is 9.78. The van der Waals surface area contributed by atoms with E-state index >= 15 is 0 Å². The number of amides is 1. The van der Waals surface area contributed by atoms with Crippen LogP contribution in [0.5, 0.6) is 11.5 Å². The minimum atomic E-state index is -0.592. The van der Waals surface area contributed by atoms with Gasteiger partial charge in [-0.2, -0.15) is 0 Å². The number of nitrogens with zero attached hydrogens (tertiary/aromatic N) is 2. The Labute approximate surface area is 183 Å². The van der Waals surface area contributed by atoms with Gasteiger partial charge in [-0.15, -0.1) is 0 Å². The lowest BCUT2D eigenvalue weighted by Crippen LogP contribution is -2.41. The van der Waals surface area contributed by atoms with Crippen LogP contribution in [0, 0.1) is 10.1 Å². The first-order valence-corrected chi connectivity index (χ1v) is 9.78. The highest BCUT2D eigenvalue weighted by Crippen LogP contribution is 2.35. The van der Waals surface area contributed by atoms with Crippen LogP contribution in [0.2, 0.25) is 0 Å². The zero-order chi connectivity index (χ0) is 22.5. The zero-order valence-corrected chi connectivity index (χ0v) is 16.9. The number of rotatable bonds is 7. The van der Waals surface area contributed by atoms with Crippen molar-refractivity contribution in [2.24, 2.45) is 0 Å². The first-order chi connectivity index (χ1) is 15.5. The Morgan fingerprint density at radius 1 is 1.09 bits per heavy atom. The summed E-state index contributed by atoms with van der Waals surface area (Å²) < 4.78 is 10.8. The summed E-state index contributed by atoms with van der Waals surface area (Å²) in [4.78, 5) is 36.3. The summed E-state index contributed by atoms with van der Waals surface area (Å²) in [6.07, 6.45) is 0. The van der Waals surface area contributed by atoms with Gasteiger partial charge in [0, 0.05) is 11.8 Å². The van der Waals surface area contributed by atoms with Crippen molar-refractivity contribution >= 4 is 28.9 Å². The molecule has 3 aromatic carbocycles. The lowest BCUT2D eigenvalue weighted by Gasteiger charge is -2.28. The summed E-state index contributed by atoms with van der Waals surface area (Å²) in [6.45, 7) is 0.186. The van der Waals surface area contributed by atoms with Gasteiger partial charge in [-0.25, -0.2) is 4.79 Å².